The van der Waals surface area contributed by atoms with Crippen LogP contribution in [0.4, 0.5) is 0 Å². The van der Waals surface area contributed by atoms with E-state index in [4.69, 9.17) is 9.47 Å². The first-order valence-corrected chi connectivity index (χ1v) is 10.6. The minimum absolute atomic E-state index is 0.00522. The number of esters is 1. The fourth-order valence-electron chi connectivity index (χ4n) is 4.73. The van der Waals surface area contributed by atoms with E-state index in [9.17, 15) is 4.79 Å². The predicted octanol–water partition coefficient (Wildman–Crippen LogP) is 2.79. The Balaban J connectivity index is 1.49. The van der Waals surface area contributed by atoms with Crippen LogP contribution in [0.2, 0.25) is 0 Å². The molecule has 1 aliphatic carbocycles. The molecule has 0 radical (unpaired) electrons. The van der Waals surface area contributed by atoms with Gasteiger partial charge in [0.25, 0.3) is 0 Å². The van der Waals surface area contributed by atoms with E-state index < -0.39 is 0 Å². The summed E-state index contributed by atoms with van der Waals surface area (Å²) >= 11 is 2.39. The Morgan fingerprint density at radius 3 is 2.84 bits per heavy atom. The lowest BCUT2D eigenvalue weighted by atomic mass is 9.80. The highest BCUT2D eigenvalue weighted by atomic mass is 127. The molecule has 5 nitrogen and oxygen atoms in total. The summed E-state index contributed by atoms with van der Waals surface area (Å²) in [6.45, 7) is 9.47. The van der Waals surface area contributed by atoms with Crippen molar-refractivity contribution in [3.05, 3.63) is 11.6 Å². The summed E-state index contributed by atoms with van der Waals surface area (Å²) < 4.78 is 14.3. The summed E-state index contributed by atoms with van der Waals surface area (Å²) in [7, 11) is 0. The maximum absolute atomic E-state index is 12.7. The lowest BCUT2D eigenvalue weighted by molar-refractivity contribution is -0.145. The van der Waals surface area contributed by atoms with Gasteiger partial charge < -0.3 is 9.47 Å². The second kappa shape index (κ2) is 7.09. The van der Waals surface area contributed by atoms with Crippen LogP contribution >= 0.6 is 22.9 Å². The van der Waals surface area contributed by atoms with E-state index in [0.29, 0.717) is 5.92 Å². The molecule has 0 saturated carbocycles. The van der Waals surface area contributed by atoms with Crippen molar-refractivity contribution in [1.82, 2.24) is 8.01 Å². The highest BCUT2D eigenvalue weighted by Gasteiger charge is 2.62. The van der Waals surface area contributed by atoms with Gasteiger partial charge in [-0.25, -0.2) is 3.11 Å². The van der Waals surface area contributed by atoms with Gasteiger partial charge in [-0.3, -0.25) is 9.69 Å². The highest BCUT2D eigenvalue weighted by Crippen LogP contribution is 2.50. The van der Waals surface area contributed by atoms with Gasteiger partial charge in [-0.1, -0.05) is 11.6 Å². The van der Waals surface area contributed by atoms with Gasteiger partial charge in [0.2, 0.25) is 0 Å². The fourth-order valence-corrected chi connectivity index (χ4v) is 5.16. The van der Waals surface area contributed by atoms with E-state index in [2.05, 4.69) is 50.8 Å². The molecule has 6 heteroatoms. The smallest absolute Gasteiger partial charge is 0.311 e. The molecule has 25 heavy (non-hydrogen) atoms. The van der Waals surface area contributed by atoms with Gasteiger partial charge in [-0.05, 0) is 39.5 Å². The number of carbonyl (C=O) groups is 1. The van der Waals surface area contributed by atoms with Crippen molar-refractivity contribution < 1.29 is 14.3 Å². The number of allylic oxidation sites excluding steroid dienone is 2. The zero-order valence-electron chi connectivity index (χ0n) is 15.2. The van der Waals surface area contributed by atoms with Crippen LogP contribution in [0.3, 0.4) is 0 Å². The number of piperazine rings is 1. The number of fused-ring (bicyclic) bond motifs is 3. The van der Waals surface area contributed by atoms with Crippen LogP contribution in [-0.4, -0.2) is 64.5 Å². The van der Waals surface area contributed by atoms with Gasteiger partial charge in [0, 0.05) is 61.5 Å². The van der Waals surface area contributed by atoms with Gasteiger partial charge in [0.15, 0.2) is 0 Å². The summed E-state index contributed by atoms with van der Waals surface area (Å²) in [5, 5.41) is 0. The molecule has 3 heterocycles. The standard InChI is InChI=1S/C19H29IN2O3/c1-13-4-3-7-19(2)17(25-19)16-14(6-5-13)15(18(23)24-16)12-21-8-10-22(20)11-9-21/h4,14-17H,3,5-12H2,1-2H3/b13-4-/t14-,15-,16-,17-,19+/m0/s1. The minimum Gasteiger partial charge on any atom is -0.459 e. The second-order valence-corrected chi connectivity index (χ2v) is 9.73. The van der Waals surface area contributed by atoms with Gasteiger partial charge in [0.05, 0.1) is 11.5 Å². The van der Waals surface area contributed by atoms with Crippen LogP contribution in [0, 0.1) is 11.8 Å². The molecule has 140 valence electrons. The highest BCUT2D eigenvalue weighted by molar-refractivity contribution is 14.1. The molecule has 0 aromatic rings. The normalized spacial score (nSPS) is 45.1. The third kappa shape index (κ3) is 3.77. The molecular formula is C19H29IN2O3. The van der Waals surface area contributed by atoms with Gasteiger partial charge >= 0.3 is 5.97 Å². The quantitative estimate of drug-likeness (QED) is 0.209. The summed E-state index contributed by atoms with van der Waals surface area (Å²) in [6.07, 6.45) is 6.61. The first-order chi connectivity index (χ1) is 12.0. The van der Waals surface area contributed by atoms with E-state index >= 15 is 0 Å². The van der Waals surface area contributed by atoms with E-state index in [-0.39, 0.29) is 29.7 Å². The molecule has 3 aliphatic heterocycles. The first kappa shape index (κ1) is 18.2. The molecule has 5 atom stereocenters. The van der Waals surface area contributed by atoms with E-state index in [1.165, 1.54) is 5.57 Å². The van der Waals surface area contributed by atoms with Crippen molar-refractivity contribution in [2.24, 2.45) is 11.8 Å². The van der Waals surface area contributed by atoms with Gasteiger partial charge in [0.1, 0.15) is 12.2 Å². The third-order valence-corrected chi connectivity index (χ3v) is 7.48. The zero-order valence-corrected chi connectivity index (χ0v) is 17.4. The number of hydrogen-bond donors (Lipinski definition) is 0. The summed E-state index contributed by atoms with van der Waals surface area (Å²) in [4.78, 5) is 15.1. The molecule has 3 fully saturated rings. The average molecular weight is 460 g/mol. The molecule has 4 aliphatic rings. The van der Waals surface area contributed by atoms with E-state index in [0.717, 1.165) is 58.4 Å². The Kier molecular flexibility index (Phi) is 5.16. The van der Waals surface area contributed by atoms with Crippen molar-refractivity contribution in [1.29, 1.82) is 0 Å². The summed E-state index contributed by atoms with van der Waals surface area (Å²) in [5.41, 5.74) is 1.34. The number of epoxide rings is 1. The Bertz CT molecular complexity index is 561. The van der Waals surface area contributed by atoms with Crippen LogP contribution in [0.25, 0.3) is 0 Å². The van der Waals surface area contributed by atoms with Crippen LogP contribution in [0.1, 0.15) is 39.5 Å². The molecule has 0 N–H and O–H groups in total. The molecule has 0 unspecified atom stereocenters. The maximum Gasteiger partial charge on any atom is 0.311 e. The molecule has 4 rings (SSSR count). The molecule has 0 aromatic carbocycles. The molecule has 0 aromatic heterocycles. The van der Waals surface area contributed by atoms with Gasteiger partial charge in [-0.2, -0.15) is 0 Å². The molecule has 0 spiro atoms. The van der Waals surface area contributed by atoms with Crippen molar-refractivity contribution in [3.8, 4) is 0 Å². The van der Waals surface area contributed by atoms with Crippen molar-refractivity contribution in [3.63, 3.8) is 0 Å². The monoisotopic (exact) mass is 460 g/mol. The van der Waals surface area contributed by atoms with Crippen LogP contribution in [-0.2, 0) is 14.3 Å². The summed E-state index contributed by atoms with van der Waals surface area (Å²) in [5.74, 6) is 0.301. The van der Waals surface area contributed by atoms with Crippen LogP contribution in [0.15, 0.2) is 11.6 Å². The number of carbonyl (C=O) groups excluding carboxylic acids is 1. The topological polar surface area (TPSA) is 45.3 Å². The fraction of sp³-hybridized carbons (Fsp3) is 0.842. The number of nitrogens with zero attached hydrogens (tertiary/aromatic N) is 2. The zero-order chi connectivity index (χ0) is 17.6. The Labute approximate surface area is 164 Å². The molecule has 3 saturated heterocycles. The van der Waals surface area contributed by atoms with Crippen LogP contribution in [0.5, 0.6) is 0 Å². The predicted molar refractivity (Wildman–Crippen MR) is 104 cm³/mol. The lowest BCUT2D eigenvalue weighted by Gasteiger charge is -2.33. The largest absolute Gasteiger partial charge is 0.459 e. The Morgan fingerprint density at radius 2 is 2.08 bits per heavy atom. The SMILES string of the molecule is C/C1=C/CC[C@@]2(C)O[C@H]2[C@H]2OC(=O)[C@@H](CN3CCN(I)CC3)[C@@H]2CC1. The molecule has 0 bridgehead atoms. The second-order valence-electron chi connectivity index (χ2n) is 8.36. The summed E-state index contributed by atoms with van der Waals surface area (Å²) in [6, 6.07) is 0. The van der Waals surface area contributed by atoms with Crippen molar-refractivity contribution >= 4 is 28.8 Å². The molecule has 0 amide bonds. The number of halogens is 1. The molecular weight excluding hydrogens is 431 g/mol. The maximum atomic E-state index is 12.7. The van der Waals surface area contributed by atoms with Crippen molar-refractivity contribution in [2.75, 3.05) is 32.7 Å². The van der Waals surface area contributed by atoms with Crippen molar-refractivity contribution in [2.45, 2.75) is 57.3 Å². The number of hydrogen-bond acceptors (Lipinski definition) is 5. The first-order valence-electron chi connectivity index (χ1n) is 9.63. The van der Waals surface area contributed by atoms with Gasteiger partial charge in [-0.15, -0.1) is 0 Å². The minimum atomic E-state index is -0.0982. The lowest BCUT2D eigenvalue weighted by Crippen LogP contribution is -2.46. The van der Waals surface area contributed by atoms with Crippen LogP contribution < -0.4 is 0 Å². The van der Waals surface area contributed by atoms with E-state index in [1.54, 1.807) is 0 Å². The van der Waals surface area contributed by atoms with E-state index in [1.807, 2.05) is 0 Å². The average Bonchev–Trinajstić information content (AvgIpc) is 3.15. The third-order valence-electron chi connectivity index (χ3n) is 6.51. The Morgan fingerprint density at radius 1 is 1.32 bits per heavy atom. The number of rotatable bonds is 2. The number of ether oxygens (including phenoxy) is 2. The Hall–Kier alpha value is -0.180.